The van der Waals surface area contributed by atoms with Gasteiger partial charge < -0.3 is 9.47 Å². The molecule has 1 heterocycles. The summed E-state index contributed by atoms with van der Waals surface area (Å²) in [5, 5.41) is 6.14. The standard InChI is InChI=1S/C19H20N2O3/c1-4-21-18(22)11-14-10-16(23-2)17(24-3)12-15(14)19(20-21)13-8-6-5-7-9-13/h5-10,12H,4,11H2,1-3H3. The van der Waals surface area contributed by atoms with Gasteiger partial charge in [0.25, 0.3) is 0 Å². The minimum absolute atomic E-state index is 0.0306. The molecule has 0 radical (unpaired) electrons. The van der Waals surface area contributed by atoms with Crippen molar-refractivity contribution in [1.29, 1.82) is 0 Å². The molecule has 24 heavy (non-hydrogen) atoms. The zero-order chi connectivity index (χ0) is 17.1. The summed E-state index contributed by atoms with van der Waals surface area (Å²) in [6.07, 6.45) is 0.281. The molecule has 1 aliphatic rings. The Balaban J connectivity index is 2.24. The monoisotopic (exact) mass is 324 g/mol. The maximum absolute atomic E-state index is 12.5. The molecule has 5 nitrogen and oxygen atoms in total. The Bertz CT molecular complexity index is 785. The van der Waals surface area contributed by atoms with E-state index in [9.17, 15) is 4.79 Å². The molecule has 0 aromatic heterocycles. The predicted molar refractivity (Wildman–Crippen MR) is 92.7 cm³/mol. The van der Waals surface area contributed by atoms with E-state index in [4.69, 9.17) is 9.47 Å². The smallest absolute Gasteiger partial charge is 0.247 e. The van der Waals surface area contributed by atoms with Crippen LogP contribution in [0.2, 0.25) is 0 Å². The molecule has 2 aromatic rings. The molecule has 2 aromatic carbocycles. The van der Waals surface area contributed by atoms with Crippen LogP contribution in [0.4, 0.5) is 0 Å². The zero-order valence-electron chi connectivity index (χ0n) is 14.1. The average molecular weight is 324 g/mol. The van der Waals surface area contributed by atoms with Gasteiger partial charge in [0.15, 0.2) is 11.5 Å². The van der Waals surface area contributed by atoms with Crippen LogP contribution in [0.3, 0.4) is 0 Å². The number of likely N-dealkylation sites (N-methyl/N-ethyl adjacent to an activating group) is 1. The van der Waals surface area contributed by atoms with Gasteiger partial charge in [-0.05, 0) is 24.6 Å². The van der Waals surface area contributed by atoms with Crippen LogP contribution in [0.1, 0.15) is 23.6 Å². The second-order valence-corrected chi connectivity index (χ2v) is 5.47. The highest BCUT2D eigenvalue weighted by Gasteiger charge is 2.25. The normalized spacial score (nSPS) is 13.9. The van der Waals surface area contributed by atoms with Crippen molar-refractivity contribution in [2.24, 2.45) is 5.10 Å². The van der Waals surface area contributed by atoms with Crippen molar-refractivity contribution in [3.63, 3.8) is 0 Å². The highest BCUT2D eigenvalue weighted by atomic mass is 16.5. The van der Waals surface area contributed by atoms with Crippen molar-refractivity contribution in [2.75, 3.05) is 20.8 Å². The van der Waals surface area contributed by atoms with Gasteiger partial charge in [0.05, 0.1) is 26.4 Å². The van der Waals surface area contributed by atoms with Crippen molar-refractivity contribution in [3.05, 3.63) is 59.2 Å². The lowest BCUT2D eigenvalue weighted by molar-refractivity contribution is -0.130. The Morgan fingerprint density at radius 1 is 1.08 bits per heavy atom. The first kappa shape index (κ1) is 16.1. The molecule has 3 rings (SSSR count). The number of fused-ring (bicyclic) bond motifs is 1. The summed E-state index contributed by atoms with van der Waals surface area (Å²) in [5.74, 6) is 1.20. The van der Waals surface area contributed by atoms with E-state index < -0.39 is 0 Å². The fraction of sp³-hybridized carbons (Fsp3) is 0.263. The fourth-order valence-electron chi connectivity index (χ4n) is 2.83. The number of ether oxygens (including phenoxy) is 2. The quantitative estimate of drug-likeness (QED) is 0.869. The fourth-order valence-corrected chi connectivity index (χ4v) is 2.83. The first-order chi connectivity index (χ1) is 11.7. The first-order valence-corrected chi connectivity index (χ1v) is 7.87. The van der Waals surface area contributed by atoms with E-state index in [2.05, 4.69) is 5.10 Å². The van der Waals surface area contributed by atoms with Crippen molar-refractivity contribution in [1.82, 2.24) is 5.01 Å². The molecule has 124 valence electrons. The molecule has 0 fully saturated rings. The van der Waals surface area contributed by atoms with Gasteiger partial charge in [-0.3, -0.25) is 4.79 Å². The van der Waals surface area contributed by atoms with E-state index in [1.165, 1.54) is 5.01 Å². The summed E-state index contributed by atoms with van der Waals surface area (Å²) in [4.78, 5) is 12.5. The zero-order valence-corrected chi connectivity index (χ0v) is 14.1. The van der Waals surface area contributed by atoms with Crippen LogP contribution in [0, 0.1) is 0 Å². The Labute approximate surface area is 141 Å². The molecule has 0 unspecified atom stereocenters. The summed E-state index contributed by atoms with van der Waals surface area (Å²) < 4.78 is 10.8. The summed E-state index contributed by atoms with van der Waals surface area (Å²) in [6.45, 7) is 2.44. The third-order valence-corrected chi connectivity index (χ3v) is 4.06. The summed E-state index contributed by atoms with van der Waals surface area (Å²) in [6, 6.07) is 13.6. The Morgan fingerprint density at radius 2 is 1.75 bits per heavy atom. The minimum atomic E-state index is -0.0306. The van der Waals surface area contributed by atoms with Gasteiger partial charge in [-0.1, -0.05) is 30.3 Å². The maximum Gasteiger partial charge on any atom is 0.247 e. The van der Waals surface area contributed by atoms with Crippen molar-refractivity contribution < 1.29 is 14.3 Å². The SMILES string of the molecule is CCN1N=C(c2ccccc2)c2cc(OC)c(OC)cc2CC1=O. The summed E-state index contributed by atoms with van der Waals surface area (Å²) in [5.41, 5.74) is 3.50. The van der Waals surface area contributed by atoms with Gasteiger partial charge in [-0.15, -0.1) is 0 Å². The second-order valence-electron chi connectivity index (χ2n) is 5.47. The van der Waals surface area contributed by atoms with E-state index in [0.29, 0.717) is 18.0 Å². The van der Waals surface area contributed by atoms with E-state index in [0.717, 1.165) is 22.4 Å². The lowest BCUT2D eigenvalue weighted by Gasteiger charge is -2.14. The molecule has 0 saturated heterocycles. The van der Waals surface area contributed by atoms with E-state index in [-0.39, 0.29) is 12.3 Å². The molecule has 0 bridgehead atoms. The van der Waals surface area contributed by atoms with Crippen molar-refractivity contribution in [2.45, 2.75) is 13.3 Å². The molecule has 0 aliphatic carbocycles. The third kappa shape index (κ3) is 2.85. The average Bonchev–Trinajstić information content (AvgIpc) is 2.76. The van der Waals surface area contributed by atoms with E-state index >= 15 is 0 Å². The molecular formula is C19H20N2O3. The van der Waals surface area contributed by atoms with Gasteiger partial charge in [0, 0.05) is 17.7 Å². The van der Waals surface area contributed by atoms with Crippen LogP contribution >= 0.6 is 0 Å². The Kier molecular flexibility index (Phi) is 4.51. The molecule has 0 N–H and O–H groups in total. The summed E-state index contributed by atoms with van der Waals surface area (Å²) in [7, 11) is 3.19. The number of nitrogens with zero attached hydrogens (tertiary/aromatic N) is 2. The number of benzene rings is 2. The van der Waals surface area contributed by atoms with Crippen LogP contribution in [0.5, 0.6) is 11.5 Å². The maximum atomic E-state index is 12.5. The predicted octanol–water partition coefficient (Wildman–Crippen LogP) is 2.86. The first-order valence-electron chi connectivity index (χ1n) is 7.87. The number of hydrogen-bond donors (Lipinski definition) is 0. The molecule has 0 atom stereocenters. The van der Waals surface area contributed by atoms with Crippen LogP contribution in [-0.4, -0.2) is 37.4 Å². The molecule has 5 heteroatoms. The van der Waals surface area contributed by atoms with Gasteiger partial charge in [0.1, 0.15) is 0 Å². The Hall–Kier alpha value is -2.82. The van der Waals surface area contributed by atoms with Crippen molar-refractivity contribution in [3.8, 4) is 11.5 Å². The number of hydrogen-bond acceptors (Lipinski definition) is 4. The van der Waals surface area contributed by atoms with Crippen LogP contribution in [-0.2, 0) is 11.2 Å². The lowest BCUT2D eigenvalue weighted by Crippen LogP contribution is -2.26. The van der Waals surface area contributed by atoms with Gasteiger partial charge in [-0.2, -0.15) is 5.10 Å². The topological polar surface area (TPSA) is 51.1 Å². The molecule has 0 saturated carbocycles. The van der Waals surface area contributed by atoms with Crippen LogP contribution < -0.4 is 9.47 Å². The molecular weight excluding hydrogens is 304 g/mol. The lowest BCUT2D eigenvalue weighted by atomic mass is 9.95. The number of methoxy groups -OCH3 is 2. The number of amides is 1. The molecule has 0 spiro atoms. The summed E-state index contributed by atoms with van der Waals surface area (Å²) >= 11 is 0. The van der Waals surface area contributed by atoms with Crippen LogP contribution in [0.25, 0.3) is 0 Å². The molecule has 1 aliphatic heterocycles. The van der Waals surface area contributed by atoms with E-state index in [1.54, 1.807) is 14.2 Å². The Morgan fingerprint density at radius 3 is 2.38 bits per heavy atom. The molecule has 1 amide bonds. The second kappa shape index (κ2) is 6.74. The van der Waals surface area contributed by atoms with Gasteiger partial charge in [-0.25, -0.2) is 5.01 Å². The third-order valence-electron chi connectivity index (χ3n) is 4.06. The largest absolute Gasteiger partial charge is 0.493 e. The number of carbonyl (C=O) groups is 1. The number of carbonyl (C=O) groups excluding carboxylic acids is 1. The highest BCUT2D eigenvalue weighted by molar-refractivity contribution is 6.15. The van der Waals surface area contributed by atoms with Crippen molar-refractivity contribution >= 4 is 11.6 Å². The van der Waals surface area contributed by atoms with E-state index in [1.807, 2.05) is 49.4 Å². The number of hydrazone groups is 1. The van der Waals surface area contributed by atoms with Gasteiger partial charge >= 0.3 is 0 Å². The minimum Gasteiger partial charge on any atom is -0.493 e. The van der Waals surface area contributed by atoms with Crippen LogP contribution in [0.15, 0.2) is 47.6 Å². The highest BCUT2D eigenvalue weighted by Crippen LogP contribution is 2.33. The van der Waals surface area contributed by atoms with Gasteiger partial charge in [0.2, 0.25) is 5.91 Å². The number of rotatable bonds is 4.